The van der Waals surface area contributed by atoms with E-state index in [0.29, 0.717) is 34.6 Å². The fourth-order valence-electron chi connectivity index (χ4n) is 2.74. The molecule has 2 heterocycles. The van der Waals surface area contributed by atoms with Crippen molar-refractivity contribution in [2.24, 2.45) is 5.41 Å². The van der Waals surface area contributed by atoms with Crippen molar-refractivity contribution in [3.8, 4) is 0 Å². The smallest absolute Gasteiger partial charge is 0.261 e. The van der Waals surface area contributed by atoms with Gasteiger partial charge in [0.1, 0.15) is 0 Å². The van der Waals surface area contributed by atoms with Crippen LogP contribution in [0.2, 0.25) is 0 Å². The van der Waals surface area contributed by atoms with Gasteiger partial charge in [-0.25, -0.2) is 9.97 Å². The van der Waals surface area contributed by atoms with Gasteiger partial charge >= 0.3 is 0 Å². The minimum absolute atomic E-state index is 0.0546. The highest BCUT2D eigenvalue weighted by molar-refractivity contribution is 7.98. The van der Waals surface area contributed by atoms with E-state index in [9.17, 15) is 9.59 Å². The fourth-order valence-corrected chi connectivity index (χ4v) is 3.11. The molecule has 0 atom stereocenters. The molecule has 3 rings (SSSR count). The predicted octanol–water partition coefficient (Wildman–Crippen LogP) is 2.20. The maximum absolute atomic E-state index is 12.3. The molecular weight excluding hydrogens is 274 g/mol. The summed E-state index contributed by atoms with van der Waals surface area (Å²) >= 11 is 1.36. The number of nitrogens with one attached hydrogen (secondary N) is 1. The molecule has 6 heteroatoms. The van der Waals surface area contributed by atoms with E-state index in [-0.39, 0.29) is 16.8 Å². The van der Waals surface area contributed by atoms with Crippen LogP contribution in [-0.2, 0) is 6.42 Å². The van der Waals surface area contributed by atoms with Crippen molar-refractivity contribution in [2.75, 3.05) is 6.26 Å². The number of Topliss-reactive ketones (excluding diaryl/α,β-unsaturated/α-hetero) is 1. The molecule has 0 fully saturated rings. The van der Waals surface area contributed by atoms with Crippen molar-refractivity contribution in [2.45, 2.75) is 31.8 Å². The molecule has 104 valence electrons. The topological polar surface area (TPSA) is 75.7 Å². The van der Waals surface area contributed by atoms with E-state index in [1.54, 1.807) is 6.20 Å². The molecule has 0 bridgehead atoms. The van der Waals surface area contributed by atoms with Gasteiger partial charge in [-0.2, -0.15) is 0 Å². The number of fused-ring (bicyclic) bond motifs is 3. The highest BCUT2D eigenvalue weighted by Gasteiger charge is 2.33. The first-order chi connectivity index (χ1) is 9.41. The molecule has 1 N–H and O–H groups in total. The summed E-state index contributed by atoms with van der Waals surface area (Å²) in [5.74, 6) is 0.0546. The summed E-state index contributed by atoms with van der Waals surface area (Å²) in [5.41, 5.74) is 1.43. The van der Waals surface area contributed by atoms with Crippen LogP contribution in [0.3, 0.4) is 0 Å². The molecule has 1 aliphatic rings. The van der Waals surface area contributed by atoms with Gasteiger partial charge in [-0.05, 0) is 23.7 Å². The summed E-state index contributed by atoms with van der Waals surface area (Å²) in [5, 5.41) is 0.998. The van der Waals surface area contributed by atoms with E-state index < -0.39 is 0 Å². The molecule has 2 aromatic heterocycles. The zero-order valence-corrected chi connectivity index (χ0v) is 12.4. The van der Waals surface area contributed by atoms with E-state index >= 15 is 0 Å². The van der Waals surface area contributed by atoms with Crippen LogP contribution in [0.4, 0.5) is 0 Å². The number of ketones is 1. The Labute approximate surface area is 120 Å². The molecule has 2 aromatic rings. The number of aromatic amines is 1. The molecular formula is C14H15N3O2S. The lowest BCUT2D eigenvalue weighted by Gasteiger charge is -2.30. The first-order valence-electron chi connectivity index (χ1n) is 6.40. The lowest BCUT2D eigenvalue weighted by atomic mass is 9.73. The average Bonchev–Trinajstić information content (AvgIpc) is 2.36. The zero-order valence-electron chi connectivity index (χ0n) is 11.6. The van der Waals surface area contributed by atoms with Gasteiger partial charge in [0.25, 0.3) is 5.56 Å². The van der Waals surface area contributed by atoms with E-state index in [1.807, 2.05) is 20.1 Å². The number of aromatic nitrogens is 3. The van der Waals surface area contributed by atoms with Crippen LogP contribution < -0.4 is 5.56 Å². The van der Waals surface area contributed by atoms with Gasteiger partial charge in [-0.15, -0.1) is 0 Å². The average molecular weight is 289 g/mol. The third kappa shape index (κ3) is 2.04. The molecule has 0 aromatic carbocycles. The second kappa shape index (κ2) is 4.41. The van der Waals surface area contributed by atoms with Gasteiger partial charge in [-0.1, -0.05) is 25.6 Å². The van der Waals surface area contributed by atoms with E-state index in [0.717, 1.165) is 5.56 Å². The number of carbonyl (C=O) groups is 1. The number of hydrogen-bond acceptors (Lipinski definition) is 5. The number of H-pyrrole nitrogens is 1. The Balaban J connectivity index is 2.36. The third-order valence-electron chi connectivity index (χ3n) is 3.61. The van der Waals surface area contributed by atoms with Crippen molar-refractivity contribution in [1.82, 2.24) is 15.0 Å². The fraction of sp³-hybridized carbons (Fsp3) is 0.429. The number of thioether (sulfide) groups is 1. The maximum atomic E-state index is 12.3. The van der Waals surface area contributed by atoms with E-state index in [2.05, 4.69) is 15.0 Å². The first kappa shape index (κ1) is 13.3. The quantitative estimate of drug-likeness (QED) is 0.643. The largest absolute Gasteiger partial charge is 0.301 e. The number of pyridine rings is 1. The zero-order chi connectivity index (χ0) is 14.5. The second-order valence-electron chi connectivity index (χ2n) is 5.87. The molecule has 0 saturated heterocycles. The van der Waals surface area contributed by atoms with Crippen LogP contribution in [0, 0.1) is 5.41 Å². The number of rotatable bonds is 1. The number of carbonyl (C=O) groups excluding carboxylic acids is 1. The summed E-state index contributed by atoms with van der Waals surface area (Å²) in [7, 11) is 0. The second-order valence-corrected chi connectivity index (χ2v) is 6.66. The summed E-state index contributed by atoms with van der Waals surface area (Å²) < 4.78 is 0. The molecule has 5 nitrogen and oxygen atoms in total. The van der Waals surface area contributed by atoms with Gasteiger partial charge in [0, 0.05) is 18.2 Å². The highest BCUT2D eigenvalue weighted by atomic mass is 32.2. The monoisotopic (exact) mass is 289 g/mol. The summed E-state index contributed by atoms with van der Waals surface area (Å²) in [6.45, 7) is 4.08. The van der Waals surface area contributed by atoms with Gasteiger partial charge in [0.05, 0.1) is 5.39 Å². The molecule has 0 unspecified atom stereocenters. The molecule has 0 spiro atoms. The Morgan fingerprint density at radius 3 is 2.75 bits per heavy atom. The molecule has 0 amide bonds. The van der Waals surface area contributed by atoms with Crippen LogP contribution in [0.25, 0.3) is 11.0 Å². The van der Waals surface area contributed by atoms with Crippen LogP contribution in [0.5, 0.6) is 0 Å². The summed E-state index contributed by atoms with van der Waals surface area (Å²) in [6, 6.07) is 0. The van der Waals surface area contributed by atoms with Gasteiger partial charge in [0.2, 0.25) is 0 Å². The predicted molar refractivity (Wildman–Crippen MR) is 78.4 cm³/mol. The summed E-state index contributed by atoms with van der Waals surface area (Å²) in [6.07, 6.45) is 4.58. The Kier molecular flexibility index (Phi) is 2.93. The number of nitrogens with zero attached hydrogens (tertiary/aromatic N) is 2. The highest BCUT2D eigenvalue weighted by Crippen LogP contribution is 2.36. The Morgan fingerprint density at radius 2 is 2.05 bits per heavy atom. The van der Waals surface area contributed by atoms with Crippen LogP contribution in [0.15, 0.2) is 16.1 Å². The number of hydrogen-bond donors (Lipinski definition) is 1. The SMILES string of the molecule is CSc1nc2ncc3c(c2c(=O)[nH]1)CC(C)(C)CC3=O. The molecule has 20 heavy (non-hydrogen) atoms. The molecule has 1 aliphatic carbocycles. The van der Waals surface area contributed by atoms with Crippen LogP contribution >= 0.6 is 11.8 Å². The lowest BCUT2D eigenvalue weighted by molar-refractivity contribution is 0.0912. The van der Waals surface area contributed by atoms with Gasteiger partial charge in [-0.3, -0.25) is 9.59 Å². The Morgan fingerprint density at radius 1 is 1.30 bits per heavy atom. The lowest BCUT2D eigenvalue weighted by Crippen LogP contribution is -2.29. The normalized spacial score (nSPS) is 17.2. The Bertz CT molecular complexity index is 780. The van der Waals surface area contributed by atoms with Crippen LogP contribution in [-0.4, -0.2) is 27.0 Å². The van der Waals surface area contributed by atoms with Gasteiger partial charge in [0.15, 0.2) is 16.6 Å². The van der Waals surface area contributed by atoms with Crippen molar-refractivity contribution < 1.29 is 4.79 Å². The van der Waals surface area contributed by atoms with Crippen molar-refractivity contribution >= 4 is 28.6 Å². The summed E-state index contributed by atoms with van der Waals surface area (Å²) in [4.78, 5) is 35.7. The maximum Gasteiger partial charge on any atom is 0.261 e. The third-order valence-corrected chi connectivity index (χ3v) is 4.19. The molecule has 0 radical (unpaired) electrons. The standard InChI is InChI=1S/C14H15N3O2S/c1-14(2)4-7-8(9(18)5-14)6-15-11-10(7)12(19)17-13(16-11)20-3/h6H,4-5H2,1-3H3,(H,15,16,17,19). The molecule has 0 saturated carbocycles. The minimum atomic E-state index is -0.214. The van der Waals surface area contributed by atoms with Gasteiger partial charge < -0.3 is 4.98 Å². The van der Waals surface area contributed by atoms with Crippen molar-refractivity contribution in [1.29, 1.82) is 0 Å². The minimum Gasteiger partial charge on any atom is -0.301 e. The molecule has 0 aliphatic heterocycles. The van der Waals surface area contributed by atoms with E-state index in [1.165, 1.54) is 11.8 Å². The van der Waals surface area contributed by atoms with E-state index in [4.69, 9.17) is 0 Å². The van der Waals surface area contributed by atoms with Crippen molar-refractivity contribution in [3.63, 3.8) is 0 Å². The van der Waals surface area contributed by atoms with Crippen LogP contribution in [0.1, 0.15) is 36.2 Å². The van der Waals surface area contributed by atoms with Crippen molar-refractivity contribution in [3.05, 3.63) is 27.7 Å². The Hall–Kier alpha value is -1.69. The first-order valence-corrected chi connectivity index (χ1v) is 7.63.